The number of rotatable bonds is 24. The van der Waals surface area contributed by atoms with Crippen molar-refractivity contribution in [2.45, 2.75) is 135 Å². The number of nitrogens with two attached hydrogens (primary N) is 2. The van der Waals surface area contributed by atoms with Crippen LogP contribution < -0.4 is 11.5 Å². The fourth-order valence-electron chi connectivity index (χ4n) is 5.42. The normalized spacial score (nSPS) is 12.4. The molecule has 2 aromatic carbocycles. The van der Waals surface area contributed by atoms with Crippen LogP contribution in [0.15, 0.2) is 60.7 Å². The number of hydrogen-bond acceptors (Lipinski definition) is 5. The summed E-state index contributed by atoms with van der Waals surface area (Å²) in [7, 11) is 0. The number of hydrogen-bond donors (Lipinski definition) is 2. The van der Waals surface area contributed by atoms with Gasteiger partial charge >= 0.3 is 5.97 Å². The highest BCUT2D eigenvalue weighted by atomic mass is 16.5. The van der Waals surface area contributed by atoms with E-state index in [9.17, 15) is 14.4 Å². The molecule has 4 N–H and O–H groups in total. The lowest BCUT2D eigenvalue weighted by molar-refractivity contribution is -0.145. The lowest BCUT2D eigenvalue weighted by atomic mass is 9.99. The lowest BCUT2D eigenvalue weighted by Crippen LogP contribution is -2.49. The largest absolute Gasteiger partial charge is 0.461 e. The Morgan fingerprint density at radius 1 is 0.721 bits per heavy atom. The molecule has 0 spiro atoms. The topological polar surface area (TPSA) is 116 Å². The fourth-order valence-corrected chi connectivity index (χ4v) is 5.42. The summed E-state index contributed by atoms with van der Waals surface area (Å²) < 4.78 is 5.36. The zero-order valence-corrected chi connectivity index (χ0v) is 26.4. The van der Waals surface area contributed by atoms with Crippen LogP contribution >= 0.6 is 0 Å². The summed E-state index contributed by atoms with van der Waals surface area (Å²) in [6.07, 6.45) is 15.4. The third-order valence-corrected chi connectivity index (χ3v) is 7.95. The van der Waals surface area contributed by atoms with Gasteiger partial charge in [-0.05, 0) is 30.4 Å². The summed E-state index contributed by atoms with van der Waals surface area (Å²) in [6, 6.07) is 18.2. The Hall–Kier alpha value is -3.19. The molecule has 2 aromatic rings. The van der Waals surface area contributed by atoms with Gasteiger partial charge in [-0.3, -0.25) is 14.4 Å². The van der Waals surface area contributed by atoms with Crippen LogP contribution in [0.1, 0.15) is 121 Å². The molecule has 2 atom stereocenters. The first-order valence-corrected chi connectivity index (χ1v) is 16.5. The molecule has 0 saturated carbocycles. The second kappa shape index (κ2) is 22.4. The first-order chi connectivity index (χ1) is 20.9. The zero-order chi connectivity index (χ0) is 31.1. The summed E-state index contributed by atoms with van der Waals surface area (Å²) >= 11 is 0. The molecule has 43 heavy (non-hydrogen) atoms. The Balaban J connectivity index is 1.88. The Kier molecular flexibility index (Phi) is 18.7. The minimum absolute atomic E-state index is 0.106. The molecule has 0 radical (unpaired) electrons. The Labute approximate surface area is 259 Å². The standard InChI is InChI=1S/C36H55N3O4/c1-2-3-4-5-6-7-8-9-10-11-18-24-32(27-34(38)40)39(28-30-20-14-12-15-21-30)36(42)33(37)25-19-26-35(41)43-29-31-22-16-13-17-23-31/h12-17,20-23,32-33H,2-11,18-19,24-29,37H2,1H3,(H2,38,40)/t32-,33-/m0/s1. The molecule has 238 valence electrons. The molecule has 0 saturated heterocycles. The first kappa shape index (κ1) is 36.0. The molecule has 0 bridgehead atoms. The van der Waals surface area contributed by atoms with Gasteiger partial charge in [-0.25, -0.2) is 0 Å². The van der Waals surface area contributed by atoms with Crippen LogP contribution in [0.3, 0.4) is 0 Å². The van der Waals surface area contributed by atoms with Gasteiger partial charge in [-0.2, -0.15) is 0 Å². The van der Waals surface area contributed by atoms with Gasteiger partial charge in [-0.1, -0.05) is 138 Å². The quantitative estimate of drug-likeness (QED) is 0.0986. The van der Waals surface area contributed by atoms with Crippen molar-refractivity contribution in [2.75, 3.05) is 0 Å². The SMILES string of the molecule is CCCCCCCCCCCCC[C@@H](CC(N)=O)N(Cc1ccccc1)C(=O)[C@@H](N)CCCC(=O)OCc1ccccc1. The number of carbonyl (C=O) groups is 3. The highest BCUT2D eigenvalue weighted by Gasteiger charge is 2.29. The molecule has 0 aliphatic rings. The average Bonchev–Trinajstić information content (AvgIpc) is 3.01. The van der Waals surface area contributed by atoms with Gasteiger partial charge in [0.25, 0.3) is 0 Å². The molecule has 0 aliphatic heterocycles. The number of unbranched alkanes of at least 4 members (excludes halogenated alkanes) is 10. The van der Waals surface area contributed by atoms with E-state index in [1.54, 1.807) is 4.90 Å². The van der Waals surface area contributed by atoms with Crippen molar-refractivity contribution in [3.8, 4) is 0 Å². The Bertz CT molecular complexity index is 1030. The molecular weight excluding hydrogens is 538 g/mol. The van der Waals surface area contributed by atoms with Gasteiger partial charge in [0.1, 0.15) is 6.61 Å². The van der Waals surface area contributed by atoms with Crippen LogP contribution in [0.2, 0.25) is 0 Å². The molecule has 2 rings (SSSR count). The van der Waals surface area contributed by atoms with E-state index in [0.29, 0.717) is 25.8 Å². The predicted molar refractivity (Wildman–Crippen MR) is 174 cm³/mol. The Morgan fingerprint density at radius 3 is 1.81 bits per heavy atom. The van der Waals surface area contributed by atoms with E-state index in [1.807, 2.05) is 60.7 Å². The van der Waals surface area contributed by atoms with Crippen molar-refractivity contribution in [3.05, 3.63) is 71.8 Å². The number of primary amides is 1. The maximum absolute atomic E-state index is 13.7. The van der Waals surface area contributed by atoms with Crippen LogP contribution in [-0.4, -0.2) is 34.8 Å². The number of esters is 1. The number of benzene rings is 2. The molecular formula is C36H55N3O4. The lowest BCUT2D eigenvalue weighted by Gasteiger charge is -2.33. The van der Waals surface area contributed by atoms with Gasteiger partial charge in [-0.15, -0.1) is 0 Å². The van der Waals surface area contributed by atoms with Gasteiger partial charge in [0, 0.05) is 25.4 Å². The number of carbonyl (C=O) groups excluding carboxylic acids is 3. The second-order valence-electron chi connectivity index (χ2n) is 11.7. The summed E-state index contributed by atoms with van der Waals surface area (Å²) in [6.45, 7) is 2.83. The highest BCUT2D eigenvalue weighted by Crippen LogP contribution is 2.20. The van der Waals surface area contributed by atoms with E-state index in [-0.39, 0.29) is 37.4 Å². The summed E-state index contributed by atoms with van der Waals surface area (Å²) in [5, 5.41) is 0. The first-order valence-electron chi connectivity index (χ1n) is 16.5. The van der Waals surface area contributed by atoms with Crippen molar-refractivity contribution < 1.29 is 19.1 Å². The van der Waals surface area contributed by atoms with Gasteiger partial charge in [0.2, 0.25) is 11.8 Å². The second-order valence-corrected chi connectivity index (χ2v) is 11.7. The molecule has 0 heterocycles. The van der Waals surface area contributed by atoms with Crippen molar-refractivity contribution in [3.63, 3.8) is 0 Å². The van der Waals surface area contributed by atoms with Gasteiger partial charge in [0.15, 0.2) is 0 Å². The smallest absolute Gasteiger partial charge is 0.306 e. The third-order valence-electron chi connectivity index (χ3n) is 7.95. The number of amides is 2. The van der Waals surface area contributed by atoms with Crippen molar-refractivity contribution in [1.29, 1.82) is 0 Å². The van der Waals surface area contributed by atoms with Gasteiger partial charge in [0.05, 0.1) is 6.04 Å². The van der Waals surface area contributed by atoms with Crippen molar-refractivity contribution >= 4 is 17.8 Å². The van der Waals surface area contributed by atoms with E-state index in [0.717, 1.165) is 30.4 Å². The van der Waals surface area contributed by atoms with Crippen LogP contribution in [-0.2, 0) is 32.3 Å². The Morgan fingerprint density at radius 2 is 1.26 bits per heavy atom. The maximum atomic E-state index is 13.7. The monoisotopic (exact) mass is 593 g/mol. The van der Waals surface area contributed by atoms with E-state index in [4.69, 9.17) is 16.2 Å². The van der Waals surface area contributed by atoms with E-state index in [2.05, 4.69) is 6.92 Å². The molecule has 7 heteroatoms. The summed E-state index contributed by atoms with van der Waals surface area (Å²) in [4.78, 5) is 39.8. The van der Waals surface area contributed by atoms with Crippen LogP contribution in [0.5, 0.6) is 0 Å². The molecule has 0 aliphatic carbocycles. The molecule has 0 unspecified atom stereocenters. The molecule has 0 aromatic heterocycles. The highest BCUT2D eigenvalue weighted by molar-refractivity contribution is 5.83. The summed E-state index contributed by atoms with van der Waals surface area (Å²) in [5.74, 6) is -0.947. The summed E-state index contributed by atoms with van der Waals surface area (Å²) in [5.41, 5.74) is 13.9. The molecule has 7 nitrogen and oxygen atoms in total. The minimum Gasteiger partial charge on any atom is -0.461 e. The molecule has 2 amide bonds. The van der Waals surface area contributed by atoms with Gasteiger partial charge < -0.3 is 21.1 Å². The van der Waals surface area contributed by atoms with E-state index >= 15 is 0 Å². The van der Waals surface area contributed by atoms with E-state index < -0.39 is 11.9 Å². The maximum Gasteiger partial charge on any atom is 0.306 e. The zero-order valence-electron chi connectivity index (χ0n) is 26.4. The average molecular weight is 594 g/mol. The molecule has 0 fully saturated rings. The predicted octanol–water partition coefficient (Wildman–Crippen LogP) is 7.20. The third kappa shape index (κ3) is 16.3. The van der Waals surface area contributed by atoms with E-state index in [1.165, 1.54) is 51.4 Å². The number of nitrogens with zero attached hydrogens (tertiary/aromatic N) is 1. The van der Waals surface area contributed by atoms with Crippen LogP contribution in [0.4, 0.5) is 0 Å². The van der Waals surface area contributed by atoms with Crippen LogP contribution in [0.25, 0.3) is 0 Å². The van der Waals surface area contributed by atoms with Crippen molar-refractivity contribution in [1.82, 2.24) is 4.90 Å². The van der Waals surface area contributed by atoms with Crippen LogP contribution in [0, 0.1) is 0 Å². The minimum atomic E-state index is -0.779. The number of ether oxygens (including phenoxy) is 1. The van der Waals surface area contributed by atoms with Crippen molar-refractivity contribution in [2.24, 2.45) is 11.5 Å². The fraction of sp³-hybridized carbons (Fsp3) is 0.583.